The third kappa shape index (κ3) is 3.75. The molecule has 0 N–H and O–H groups in total. The van der Waals surface area contributed by atoms with E-state index in [4.69, 9.17) is 9.47 Å². The number of ketones is 1. The van der Waals surface area contributed by atoms with Crippen molar-refractivity contribution in [1.29, 1.82) is 0 Å². The first-order chi connectivity index (χ1) is 12.6. The van der Waals surface area contributed by atoms with Crippen molar-refractivity contribution in [1.82, 2.24) is 0 Å². The Hall–Kier alpha value is -1.95. The minimum absolute atomic E-state index is 0.00442. The van der Waals surface area contributed by atoms with Crippen LogP contribution in [0.25, 0.3) is 0 Å². The van der Waals surface area contributed by atoms with Gasteiger partial charge in [0.15, 0.2) is 11.9 Å². The normalized spacial score (nSPS) is 18.4. The van der Waals surface area contributed by atoms with Gasteiger partial charge >= 0.3 is 0 Å². The van der Waals surface area contributed by atoms with Crippen LogP contribution in [-0.2, 0) is 4.74 Å². The maximum atomic E-state index is 12.6. The first kappa shape index (κ1) is 17.5. The summed E-state index contributed by atoms with van der Waals surface area (Å²) in [5.41, 5.74) is 1.65. The van der Waals surface area contributed by atoms with E-state index in [1.165, 1.54) is 0 Å². The molecule has 0 aliphatic carbocycles. The number of rotatable bonds is 5. The zero-order valence-corrected chi connectivity index (χ0v) is 16.7. The highest BCUT2D eigenvalue weighted by molar-refractivity contribution is 9.11. The fourth-order valence-electron chi connectivity index (χ4n) is 2.74. The fraction of sp³-hybridized carbons (Fsp3) is 0.0952. The molecule has 0 saturated carbocycles. The second-order valence-corrected chi connectivity index (χ2v) is 7.72. The summed E-state index contributed by atoms with van der Waals surface area (Å²) in [7, 11) is 0. The van der Waals surface area contributed by atoms with E-state index < -0.39 is 6.10 Å². The molecular weight excluding hydrogens is 460 g/mol. The number of Topliss-reactive ketones (excluding diaryl/α,β-unsaturated/α-hetero) is 1. The van der Waals surface area contributed by atoms with Gasteiger partial charge in [0.05, 0.1) is 4.47 Å². The van der Waals surface area contributed by atoms with Crippen LogP contribution < -0.4 is 4.74 Å². The van der Waals surface area contributed by atoms with Crippen molar-refractivity contribution < 1.29 is 14.3 Å². The van der Waals surface area contributed by atoms with Crippen LogP contribution in [0.1, 0.15) is 22.0 Å². The van der Waals surface area contributed by atoms with Gasteiger partial charge in [0, 0.05) is 10.0 Å². The minimum Gasteiger partial charge on any atom is -0.456 e. The van der Waals surface area contributed by atoms with Crippen molar-refractivity contribution >= 4 is 37.6 Å². The first-order valence-corrected chi connectivity index (χ1v) is 9.68. The van der Waals surface area contributed by atoms with Gasteiger partial charge in [-0.15, -0.1) is 0 Å². The molecule has 1 heterocycles. The molecule has 1 aliphatic heterocycles. The van der Waals surface area contributed by atoms with E-state index in [-0.39, 0.29) is 11.9 Å². The predicted molar refractivity (Wildman–Crippen MR) is 107 cm³/mol. The molecule has 4 rings (SSSR count). The van der Waals surface area contributed by atoms with Crippen LogP contribution in [-0.4, -0.2) is 11.9 Å². The van der Waals surface area contributed by atoms with Gasteiger partial charge in [-0.1, -0.05) is 46.3 Å². The van der Waals surface area contributed by atoms with Crippen molar-refractivity contribution in [3.8, 4) is 11.5 Å². The third-order valence-electron chi connectivity index (χ3n) is 4.14. The number of hydrogen-bond donors (Lipinski definition) is 0. The molecule has 26 heavy (non-hydrogen) atoms. The van der Waals surface area contributed by atoms with Gasteiger partial charge < -0.3 is 9.47 Å². The first-order valence-electron chi connectivity index (χ1n) is 8.09. The molecule has 3 nitrogen and oxygen atoms in total. The van der Waals surface area contributed by atoms with E-state index in [9.17, 15) is 4.79 Å². The molecule has 1 aliphatic rings. The summed E-state index contributed by atoms with van der Waals surface area (Å²) < 4.78 is 13.3. The predicted octanol–water partition coefficient (Wildman–Crippen LogP) is 6.33. The summed E-state index contributed by atoms with van der Waals surface area (Å²) in [6.07, 6.45) is -0.539. The van der Waals surface area contributed by atoms with Gasteiger partial charge in [0.25, 0.3) is 0 Å². The van der Waals surface area contributed by atoms with Crippen LogP contribution in [0.2, 0.25) is 0 Å². The summed E-state index contributed by atoms with van der Waals surface area (Å²) >= 11 is 6.89. The van der Waals surface area contributed by atoms with Gasteiger partial charge in [0.2, 0.25) is 0 Å². The van der Waals surface area contributed by atoms with Crippen LogP contribution in [0.4, 0.5) is 0 Å². The molecule has 1 saturated heterocycles. The molecule has 0 aromatic heterocycles. The van der Waals surface area contributed by atoms with E-state index in [2.05, 4.69) is 31.9 Å². The fourth-order valence-corrected chi connectivity index (χ4v) is 3.87. The zero-order chi connectivity index (χ0) is 18.1. The van der Waals surface area contributed by atoms with E-state index >= 15 is 0 Å². The standard InChI is InChI=1S/C21H14Br2O3/c22-15-8-11-18(17(23)12-15)25-16-9-6-13(7-10-16)19(24)21-20(26-21)14-4-2-1-3-5-14/h1-12,20-21H/t20-,21-/m1/s1. The number of hydrogen-bond acceptors (Lipinski definition) is 3. The van der Waals surface area contributed by atoms with E-state index in [1.54, 1.807) is 24.3 Å². The monoisotopic (exact) mass is 472 g/mol. The number of carbonyl (C=O) groups is 1. The van der Waals surface area contributed by atoms with Crippen molar-refractivity contribution in [3.63, 3.8) is 0 Å². The Morgan fingerprint density at radius 2 is 1.65 bits per heavy atom. The highest BCUT2D eigenvalue weighted by atomic mass is 79.9. The van der Waals surface area contributed by atoms with Crippen molar-refractivity contribution in [2.24, 2.45) is 0 Å². The molecule has 0 spiro atoms. The average molecular weight is 474 g/mol. The topological polar surface area (TPSA) is 38.8 Å². The smallest absolute Gasteiger partial charge is 0.194 e. The number of carbonyl (C=O) groups excluding carboxylic acids is 1. The molecule has 2 atom stereocenters. The third-order valence-corrected chi connectivity index (χ3v) is 5.25. The zero-order valence-electron chi connectivity index (χ0n) is 13.6. The molecule has 1 fully saturated rings. The van der Waals surface area contributed by atoms with Gasteiger partial charge in [-0.05, 0) is 64.0 Å². The quantitative estimate of drug-likeness (QED) is 0.321. The average Bonchev–Trinajstić information content (AvgIpc) is 3.46. The summed E-state index contributed by atoms with van der Waals surface area (Å²) in [5, 5.41) is 0. The van der Waals surface area contributed by atoms with Crippen LogP contribution in [0.3, 0.4) is 0 Å². The van der Waals surface area contributed by atoms with Gasteiger partial charge in [-0.3, -0.25) is 4.79 Å². The van der Waals surface area contributed by atoms with Crippen LogP contribution in [0, 0.1) is 0 Å². The number of halogens is 2. The van der Waals surface area contributed by atoms with Crippen LogP contribution >= 0.6 is 31.9 Å². The largest absolute Gasteiger partial charge is 0.456 e. The Bertz CT molecular complexity index is 939. The second kappa shape index (κ2) is 7.35. The maximum Gasteiger partial charge on any atom is 0.194 e. The maximum absolute atomic E-state index is 12.6. The van der Waals surface area contributed by atoms with Crippen molar-refractivity contribution in [3.05, 3.63) is 92.9 Å². The summed E-state index contributed by atoms with van der Waals surface area (Å²) in [4.78, 5) is 12.6. The molecule has 0 amide bonds. The molecule has 5 heteroatoms. The van der Waals surface area contributed by atoms with E-state index in [0.717, 1.165) is 14.5 Å². The molecule has 130 valence electrons. The Labute approximate surface area is 168 Å². The molecule has 3 aromatic rings. The lowest BCUT2D eigenvalue weighted by atomic mass is 10.0. The Morgan fingerprint density at radius 3 is 2.35 bits per heavy atom. The Kier molecular flexibility index (Phi) is 4.94. The van der Waals surface area contributed by atoms with Crippen molar-refractivity contribution in [2.75, 3.05) is 0 Å². The number of benzene rings is 3. The summed E-state index contributed by atoms with van der Waals surface area (Å²) in [6, 6.07) is 22.6. The molecule has 0 bridgehead atoms. The lowest BCUT2D eigenvalue weighted by Gasteiger charge is -2.08. The highest BCUT2D eigenvalue weighted by Crippen LogP contribution is 2.40. The van der Waals surface area contributed by atoms with Crippen LogP contribution in [0.15, 0.2) is 81.7 Å². The number of ether oxygens (including phenoxy) is 2. The van der Waals surface area contributed by atoms with E-state index in [1.807, 2.05) is 48.5 Å². The Morgan fingerprint density at radius 1 is 0.923 bits per heavy atom. The minimum atomic E-state index is -0.398. The summed E-state index contributed by atoms with van der Waals surface area (Å²) in [6.45, 7) is 0. The number of epoxide rings is 1. The van der Waals surface area contributed by atoms with Gasteiger partial charge in [-0.25, -0.2) is 0 Å². The molecule has 3 aromatic carbocycles. The Balaban J connectivity index is 1.44. The second-order valence-electron chi connectivity index (χ2n) is 5.95. The lowest BCUT2D eigenvalue weighted by molar-refractivity contribution is 0.0953. The molecule has 0 unspecified atom stereocenters. The van der Waals surface area contributed by atoms with Gasteiger partial charge in [0.1, 0.15) is 17.6 Å². The molecule has 0 radical (unpaired) electrons. The lowest BCUT2D eigenvalue weighted by Crippen LogP contribution is -2.08. The summed E-state index contributed by atoms with van der Waals surface area (Å²) in [5.74, 6) is 1.37. The van der Waals surface area contributed by atoms with Gasteiger partial charge in [-0.2, -0.15) is 0 Å². The molecular formula is C21H14Br2O3. The van der Waals surface area contributed by atoms with Crippen molar-refractivity contribution in [2.45, 2.75) is 12.2 Å². The highest BCUT2D eigenvalue weighted by Gasteiger charge is 2.46. The SMILES string of the molecule is O=C(c1ccc(Oc2ccc(Br)cc2Br)cc1)[C@H]1O[C@@H]1c1ccccc1. The van der Waals surface area contributed by atoms with Crippen LogP contribution in [0.5, 0.6) is 11.5 Å². The van der Waals surface area contributed by atoms with E-state index in [0.29, 0.717) is 17.1 Å².